The number of aromatic nitrogens is 2. The van der Waals surface area contributed by atoms with Crippen molar-refractivity contribution in [2.24, 2.45) is 14.1 Å². The third-order valence-electron chi connectivity index (χ3n) is 7.69. The summed E-state index contributed by atoms with van der Waals surface area (Å²) in [5.41, 5.74) is 0.00746. The molecule has 4 aromatic heterocycles. The van der Waals surface area contributed by atoms with Crippen LogP contribution in [0.1, 0.15) is 59.5 Å². The van der Waals surface area contributed by atoms with Crippen molar-refractivity contribution in [3.05, 3.63) is 129 Å². The fourth-order valence-electron chi connectivity index (χ4n) is 5.45. The molecular weight excluding hydrogens is 730 g/mol. The Balaban J connectivity index is 0.000000227. The molecule has 0 saturated heterocycles. The highest BCUT2D eigenvalue weighted by Crippen LogP contribution is 2.33. The monoisotopic (exact) mass is 770 g/mol. The molecular formula is C40H40BFN2O12. The van der Waals surface area contributed by atoms with Gasteiger partial charge in [-0.15, -0.1) is 0 Å². The van der Waals surface area contributed by atoms with E-state index in [-0.39, 0.29) is 11.1 Å². The molecule has 0 fully saturated rings. The van der Waals surface area contributed by atoms with E-state index in [1.807, 2.05) is 54.2 Å². The van der Waals surface area contributed by atoms with Crippen LogP contribution in [0.2, 0.25) is 0 Å². The maximum absolute atomic E-state index is 12.8. The number of carbonyl (C=O) groups excluding carboxylic acids is 2. The van der Waals surface area contributed by atoms with Crippen molar-refractivity contribution in [1.29, 1.82) is 0 Å². The largest absolute Gasteiger partial charge is 0.867 e. The van der Waals surface area contributed by atoms with Crippen LogP contribution >= 0.6 is 0 Å². The van der Waals surface area contributed by atoms with Gasteiger partial charge in [0.25, 0.3) is 0 Å². The third-order valence-corrected chi connectivity index (χ3v) is 7.69. The molecule has 16 heteroatoms. The summed E-state index contributed by atoms with van der Waals surface area (Å²) in [7, 11) is 0.449. The average Bonchev–Trinajstić information content (AvgIpc) is 3.14. The number of nitrogens with zero attached hydrogens (tertiary/aromatic N) is 2. The first-order valence-corrected chi connectivity index (χ1v) is 17.5. The molecule has 0 unspecified atom stereocenters. The summed E-state index contributed by atoms with van der Waals surface area (Å²) in [5.74, 6) is 1.30. The zero-order valence-electron chi connectivity index (χ0n) is 31.7. The molecule has 0 bridgehead atoms. The molecule has 14 nitrogen and oxygen atoms in total. The lowest BCUT2D eigenvalue weighted by Crippen LogP contribution is -2.39. The van der Waals surface area contributed by atoms with Crippen LogP contribution in [-0.2, 0) is 14.1 Å². The first kappa shape index (κ1) is 42.4. The van der Waals surface area contributed by atoms with Gasteiger partial charge < -0.3 is 42.1 Å². The van der Waals surface area contributed by atoms with Gasteiger partial charge in [0.15, 0.2) is 24.8 Å². The molecule has 6 rings (SSSR count). The van der Waals surface area contributed by atoms with Crippen molar-refractivity contribution in [2.45, 2.75) is 27.7 Å². The Kier molecular flexibility index (Phi) is 15.0. The lowest BCUT2D eigenvalue weighted by atomic mass is 10.0. The zero-order chi connectivity index (χ0) is 40.9. The fraction of sp³-hybridized carbons (Fsp3) is 0.250. The third kappa shape index (κ3) is 10.9. The Morgan fingerprint density at radius 2 is 1.00 bits per heavy atom. The molecule has 0 saturated carbocycles. The highest BCUT2D eigenvalue weighted by molar-refractivity contribution is 6.27. The maximum Gasteiger partial charge on any atom is 0.347 e. The second kappa shape index (κ2) is 19.8. The van der Waals surface area contributed by atoms with E-state index < -0.39 is 30.2 Å². The number of fused-ring (bicyclic) bond motifs is 2. The van der Waals surface area contributed by atoms with Crippen molar-refractivity contribution in [3.8, 4) is 23.0 Å². The first-order chi connectivity index (χ1) is 26.8. The second-order valence-electron chi connectivity index (χ2n) is 11.7. The minimum Gasteiger partial charge on any atom is -0.867 e. The van der Waals surface area contributed by atoms with Gasteiger partial charge in [-0.3, -0.25) is 9.59 Å². The Morgan fingerprint density at radius 3 is 1.32 bits per heavy atom. The number of hydrogen-bond acceptors (Lipinski definition) is 12. The molecule has 0 aliphatic rings. The predicted octanol–water partition coefficient (Wildman–Crippen LogP) is 2.95. The average molecular weight is 771 g/mol. The summed E-state index contributed by atoms with van der Waals surface area (Å²) in [5, 5.41) is 17.7. The molecule has 0 aliphatic heterocycles. The van der Waals surface area contributed by atoms with Crippen LogP contribution in [0.4, 0.5) is 4.32 Å². The number of rotatable bonds is 12. The van der Waals surface area contributed by atoms with Crippen molar-refractivity contribution in [1.82, 2.24) is 0 Å². The topological polar surface area (TPSA) is 185 Å². The van der Waals surface area contributed by atoms with Crippen molar-refractivity contribution >= 4 is 40.9 Å². The van der Waals surface area contributed by atoms with Gasteiger partial charge >= 0.3 is 11.3 Å². The molecule has 0 atom stereocenters. The van der Waals surface area contributed by atoms with E-state index in [2.05, 4.69) is 0 Å². The predicted molar refractivity (Wildman–Crippen MR) is 199 cm³/mol. The van der Waals surface area contributed by atoms with E-state index in [1.165, 1.54) is 12.1 Å². The number of benzene rings is 2. The van der Waals surface area contributed by atoms with E-state index in [1.54, 1.807) is 70.1 Å². The van der Waals surface area contributed by atoms with Gasteiger partial charge in [0.1, 0.15) is 66.8 Å². The van der Waals surface area contributed by atoms with Crippen molar-refractivity contribution in [3.63, 3.8) is 0 Å². The maximum atomic E-state index is 12.8. The lowest BCUT2D eigenvalue weighted by molar-refractivity contribution is -0.671. The molecule has 0 radical (unpaired) electrons. The van der Waals surface area contributed by atoms with Crippen LogP contribution in [0.15, 0.2) is 104 Å². The lowest BCUT2D eigenvalue weighted by Gasteiger charge is -2.11. The van der Waals surface area contributed by atoms with Gasteiger partial charge in [-0.25, -0.2) is 18.7 Å². The van der Waals surface area contributed by atoms with Crippen LogP contribution in [0.25, 0.3) is 21.9 Å². The van der Waals surface area contributed by atoms with Gasteiger partial charge in [-0.05, 0) is 52.0 Å². The first-order valence-electron chi connectivity index (χ1n) is 17.5. The molecule has 0 N–H and O–H groups in total. The fourth-order valence-corrected chi connectivity index (χ4v) is 5.45. The van der Waals surface area contributed by atoms with Gasteiger partial charge in [-0.1, -0.05) is 0 Å². The number of ether oxygens (including phenoxy) is 4. The Morgan fingerprint density at radius 1 is 0.643 bits per heavy atom. The summed E-state index contributed by atoms with van der Waals surface area (Å²) in [4.78, 5) is 50.3. The minimum atomic E-state index is -3.17. The molecule has 4 heterocycles. The molecule has 0 amide bonds. The molecule has 2 aromatic carbocycles. The quantitative estimate of drug-likeness (QED) is 0.0769. The van der Waals surface area contributed by atoms with Gasteiger partial charge in [-0.2, -0.15) is 0 Å². The van der Waals surface area contributed by atoms with Crippen LogP contribution in [0.5, 0.6) is 23.0 Å². The minimum absolute atomic E-state index is 0.0335. The van der Waals surface area contributed by atoms with Gasteiger partial charge in [0.2, 0.25) is 11.6 Å². The molecule has 0 aliphatic carbocycles. The number of pyridine rings is 2. The van der Waals surface area contributed by atoms with Gasteiger partial charge in [0, 0.05) is 36.4 Å². The normalized spacial score (nSPS) is 10.4. The van der Waals surface area contributed by atoms with Crippen LogP contribution < -0.4 is 49.4 Å². The molecule has 6 aromatic rings. The summed E-state index contributed by atoms with van der Waals surface area (Å²) < 4.78 is 46.4. The molecule has 292 valence electrons. The summed E-state index contributed by atoms with van der Waals surface area (Å²) in [6.45, 7) is 9.25. The van der Waals surface area contributed by atoms with E-state index in [0.29, 0.717) is 82.5 Å². The van der Waals surface area contributed by atoms with Crippen LogP contribution in [0.3, 0.4) is 0 Å². The van der Waals surface area contributed by atoms with Crippen molar-refractivity contribution in [2.75, 3.05) is 26.4 Å². The van der Waals surface area contributed by atoms with Crippen LogP contribution in [-0.4, -0.2) is 45.4 Å². The Bertz CT molecular complexity index is 2280. The van der Waals surface area contributed by atoms with E-state index in [0.717, 1.165) is 0 Å². The SMILES string of the molecule is CCOc1cc(OCC)c2cc(C(=O)c3ccc[n+](C)c3)c(=O)oc2c1.CCOc1cc(OCC)c2cc(C(=O)c3ccc[n+](C)c3)c(=O)oc2c1.[O-]B([O-])F. The summed E-state index contributed by atoms with van der Waals surface area (Å²) in [6.07, 6.45) is 6.94. The number of carbonyl (C=O) groups is 2. The number of aryl methyl sites for hydroxylation is 2. The Labute approximate surface area is 321 Å². The van der Waals surface area contributed by atoms with Crippen LogP contribution in [0, 0.1) is 0 Å². The van der Waals surface area contributed by atoms with Crippen molar-refractivity contribution < 1.29 is 60.9 Å². The Hall–Kier alpha value is -6.39. The number of halogens is 1. The van der Waals surface area contributed by atoms with Gasteiger partial charge in [0.05, 0.1) is 48.3 Å². The highest BCUT2D eigenvalue weighted by Gasteiger charge is 2.22. The summed E-state index contributed by atoms with van der Waals surface area (Å²) in [6, 6.07) is 16.6. The molecule has 56 heavy (non-hydrogen) atoms. The van der Waals surface area contributed by atoms with E-state index in [9.17, 15) is 23.5 Å². The summed E-state index contributed by atoms with van der Waals surface area (Å²) >= 11 is 0. The smallest absolute Gasteiger partial charge is 0.347 e. The van der Waals surface area contributed by atoms with E-state index in [4.69, 9.17) is 37.8 Å². The molecule has 0 spiro atoms. The standard InChI is InChI=1S/2C20H20NO5.BFO2/c2*1-4-24-14-9-17(25-5-2)15-11-16(20(23)26-18(15)10-14)19(22)13-7-6-8-21(3)12-13;2-1(3)4/h2*6-12H,4-5H2,1-3H3;/q2*+1;-2. The second-order valence-corrected chi connectivity index (χ2v) is 11.7. The van der Waals surface area contributed by atoms with E-state index >= 15 is 0 Å². The zero-order valence-corrected chi connectivity index (χ0v) is 31.7. The highest BCUT2D eigenvalue weighted by atomic mass is 19.1. The number of ketones is 2. The number of hydrogen-bond donors (Lipinski definition) is 0.